The molecule has 1 aromatic heterocycles. The van der Waals surface area contributed by atoms with Gasteiger partial charge >= 0.3 is 11.9 Å². The van der Waals surface area contributed by atoms with Crippen molar-refractivity contribution in [2.24, 2.45) is 0 Å². The van der Waals surface area contributed by atoms with Crippen molar-refractivity contribution in [2.45, 2.75) is 13.5 Å². The van der Waals surface area contributed by atoms with Crippen molar-refractivity contribution >= 4 is 17.6 Å². The lowest BCUT2D eigenvalue weighted by Gasteiger charge is -2.11. The highest BCUT2D eigenvalue weighted by atomic mass is 16.6. The zero-order valence-corrected chi connectivity index (χ0v) is 16.7. The summed E-state index contributed by atoms with van der Waals surface area (Å²) in [6.45, 7) is 1.67. The number of aromatic nitrogens is 3. The second-order valence-corrected chi connectivity index (χ2v) is 6.11. The maximum absolute atomic E-state index is 12.0. The first kappa shape index (κ1) is 21.4. The highest BCUT2D eigenvalue weighted by molar-refractivity contribution is 5.94. The van der Waals surface area contributed by atoms with Crippen molar-refractivity contribution in [1.82, 2.24) is 15.4 Å². The minimum Gasteiger partial charge on any atom is -0.489 e. The second kappa shape index (κ2) is 9.48. The highest BCUT2D eigenvalue weighted by Crippen LogP contribution is 2.27. The van der Waals surface area contributed by atoms with Crippen LogP contribution in [0.1, 0.15) is 33.3 Å². The second-order valence-electron chi connectivity index (χ2n) is 6.11. The van der Waals surface area contributed by atoms with Crippen LogP contribution in [0.3, 0.4) is 0 Å². The average Bonchev–Trinajstić information content (AvgIpc) is 3.27. The van der Waals surface area contributed by atoms with Crippen molar-refractivity contribution in [3.63, 3.8) is 0 Å². The summed E-state index contributed by atoms with van der Waals surface area (Å²) in [6.07, 6.45) is 0. The Morgan fingerprint density at radius 2 is 1.84 bits per heavy atom. The molecule has 0 unspecified atom stereocenters. The highest BCUT2D eigenvalue weighted by Gasteiger charge is 2.23. The van der Waals surface area contributed by atoms with E-state index >= 15 is 0 Å². The van der Waals surface area contributed by atoms with Gasteiger partial charge in [0.25, 0.3) is 5.69 Å². The van der Waals surface area contributed by atoms with Crippen LogP contribution in [0.4, 0.5) is 5.69 Å². The summed E-state index contributed by atoms with van der Waals surface area (Å²) in [6, 6.07) is 10.6. The predicted molar refractivity (Wildman–Crippen MR) is 107 cm³/mol. The fourth-order valence-electron chi connectivity index (χ4n) is 2.84. The molecule has 0 saturated carbocycles. The third-order valence-corrected chi connectivity index (χ3v) is 4.28. The van der Waals surface area contributed by atoms with E-state index in [1.165, 1.54) is 25.3 Å². The number of carbonyl (C=O) groups is 2. The van der Waals surface area contributed by atoms with Gasteiger partial charge in [0.15, 0.2) is 5.69 Å². The molecule has 1 N–H and O–H groups in total. The zero-order chi connectivity index (χ0) is 22.4. The summed E-state index contributed by atoms with van der Waals surface area (Å²) in [5.41, 5.74) is 0.862. The molecule has 11 nitrogen and oxygen atoms in total. The Balaban J connectivity index is 1.81. The van der Waals surface area contributed by atoms with Gasteiger partial charge in [0.2, 0.25) is 0 Å². The van der Waals surface area contributed by atoms with Gasteiger partial charge < -0.3 is 14.2 Å². The SMILES string of the molecule is CCOC(=O)c1n[nH]nc1-c1ccc(OCc2c(C(=O)OC)cccc2[N+](=O)[O-])cc1. The van der Waals surface area contributed by atoms with Crippen LogP contribution in [0.5, 0.6) is 5.75 Å². The van der Waals surface area contributed by atoms with Crippen molar-refractivity contribution in [2.75, 3.05) is 13.7 Å². The fourth-order valence-corrected chi connectivity index (χ4v) is 2.84. The molecular formula is C20H18N4O7. The number of hydrogen-bond acceptors (Lipinski definition) is 9. The summed E-state index contributed by atoms with van der Waals surface area (Å²) < 4.78 is 15.3. The Labute approximate surface area is 176 Å². The number of H-pyrrole nitrogens is 1. The van der Waals surface area contributed by atoms with Gasteiger partial charge in [-0.2, -0.15) is 10.3 Å². The van der Waals surface area contributed by atoms with E-state index in [2.05, 4.69) is 15.4 Å². The third-order valence-electron chi connectivity index (χ3n) is 4.28. The normalized spacial score (nSPS) is 10.4. The number of hydrogen-bond donors (Lipinski definition) is 1. The smallest absolute Gasteiger partial charge is 0.361 e. The number of aromatic amines is 1. The van der Waals surface area contributed by atoms with Gasteiger partial charge in [-0.15, -0.1) is 5.10 Å². The van der Waals surface area contributed by atoms with Crippen LogP contribution in [-0.2, 0) is 16.1 Å². The van der Waals surface area contributed by atoms with E-state index in [-0.39, 0.29) is 35.7 Å². The van der Waals surface area contributed by atoms with Crippen LogP contribution >= 0.6 is 0 Å². The fraction of sp³-hybridized carbons (Fsp3) is 0.200. The Hall–Kier alpha value is -4.28. The summed E-state index contributed by atoms with van der Waals surface area (Å²) in [7, 11) is 1.19. The van der Waals surface area contributed by atoms with E-state index in [9.17, 15) is 19.7 Å². The summed E-state index contributed by atoms with van der Waals surface area (Å²) in [5.74, 6) is -0.910. The van der Waals surface area contributed by atoms with E-state index < -0.39 is 16.9 Å². The molecule has 2 aromatic carbocycles. The van der Waals surface area contributed by atoms with E-state index in [0.717, 1.165) is 0 Å². The molecule has 0 atom stereocenters. The van der Waals surface area contributed by atoms with Crippen LogP contribution in [0.15, 0.2) is 42.5 Å². The van der Waals surface area contributed by atoms with Gasteiger partial charge in [0.1, 0.15) is 18.1 Å². The molecule has 0 spiro atoms. The van der Waals surface area contributed by atoms with Gasteiger partial charge in [0.05, 0.1) is 29.8 Å². The molecule has 31 heavy (non-hydrogen) atoms. The van der Waals surface area contributed by atoms with Crippen LogP contribution in [-0.4, -0.2) is 46.0 Å². The largest absolute Gasteiger partial charge is 0.489 e. The number of benzene rings is 2. The van der Waals surface area contributed by atoms with E-state index in [4.69, 9.17) is 14.2 Å². The molecule has 0 aliphatic carbocycles. The van der Waals surface area contributed by atoms with Crippen LogP contribution in [0.25, 0.3) is 11.3 Å². The Kier molecular flexibility index (Phi) is 6.55. The molecule has 1 heterocycles. The average molecular weight is 426 g/mol. The zero-order valence-electron chi connectivity index (χ0n) is 16.7. The van der Waals surface area contributed by atoms with Gasteiger partial charge in [-0.1, -0.05) is 6.07 Å². The monoisotopic (exact) mass is 426 g/mol. The number of carbonyl (C=O) groups excluding carboxylic acids is 2. The first-order valence-electron chi connectivity index (χ1n) is 9.12. The molecule has 0 bridgehead atoms. The van der Waals surface area contributed by atoms with Crippen molar-refractivity contribution in [1.29, 1.82) is 0 Å². The standard InChI is InChI=1S/C20H18N4O7/c1-3-30-20(26)18-17(21-23-22-18)12-7-9-13(10-8-12)31-11-15-14(19(25)29-2)5-4-6-16(15)24(27)28/h4-10H,3,11H2,1-2H3,(H,21,22,23). The maximum atomic E-state index is 12.0. The molecule has 0 radical (unpaired) electrons. The topological polar surface area (TPSA) is 147 Å². The van der Waals surface area contributed by atoms with E-state index in [0.29, 0.717) is 17.0 Å². The molecule has 0 aliphatic heterocycles. The summed E-state index contributed by atoms with van der Waals surface area (Å²) >= 11 is 0. The number of nitro benzene ring substituents is 1. The summed E-state index contributed by atoms with van der Waals surface area (Å²) in [4.78, 5) is 34.7. The Morgan fingerprint density at radius 1 is 1.10 bits per heavy atom. The lowest BCUT2D eigenvalue weighted by atomic mass is 10.1. The number of methoxy groups -OCH3 is 1. The molecule has 160 valence electrons. The van der Waals surface area contributed by atoms with Crippen molar-refractivity contribution in [3.05, 3.63) is 69.4 Å². The molecule has 3 aromatic rings. The first-order valence-corrected chi connectivity index (χ1v) is 9.12. The number of nitrogens with zero attached hydrogens (tertiary/aromatic N) is 3. The lowest BCUT2D eigenvalue weighted by molar-refractivity contribution is -0.385. The molecule has 0 amide bonds. The first-order chi connectivity index (χ1) is 15.0. The van der Waals surface area contributed by atoms with Gasteiger partial charge in [-0.25, -0.2) is 9.59 Å². The molecule has 11 heteroatoms. The van der Waals surface area contributed by atoms with E-state index in [1.54, 1.807) is 31.2 Å². The molecule has 0 aliphatic rings. The number of nitro groups is 1. The van der Waals surface area contributed by atoms with Crippen LogP contribution in [0, 0.1) is 10.1 Å². The van der Waals surface area contributed by atoms with Gasteiger partial charge in [-0.3, -0.25) is 10.1 Å². The minimum atomic E-state index is -0.699. The van der Waals surface area contributed by atoms with Crippen molar-refractivity contribution < 1.29 is 28.7 Å². The number of ether oxygens (including phenoxy) is 3. The van der Waals surface area contributed by atoms with Crippen molar-refractivity contribution in [3.8, 4) is 17.0 Å². The van der Waals surface area contributed by atoms with E-state index in [1.807, 2.05) is 0 Å². The molecule has 0 saturated heterocycles. The van der Waals surface area contributed by atoms with Gasteiger partial charge in [-0.05, 0) is 37.3 Å². The number of esters is 2. The summed E-state index contributed by atoms with van der Waals surface area (Å²) in [5, 5.41) is 21.5. The van der Waals surface area contributed by atoms with Gasteiger partial charge in [0, 0.05) is 11.6 Å². The van der Waals surface area contributed by atoms with Crippen LogP contribution in [0.2, 0.25) is 0 Å². The quantitative estimate of drug-likeness (QED) is 0.326. The number of nitrogens with one attached hydrogen (secondary N) is 1. The third kappa shape index (κ3) is 4.66. The Morgan fingerprint density at radius 3 is 2.48 bits per heavy atom. The lowest BCUT2D eigenvalue weighted by Crippen LogP contribution is -2.10. The molecule has 0 fully saturated rings. The molecule has 3 rings (SSSR count). The Bertz CT molecular complexity index is 1110. The van der Waals surface area contributed by atoms with Crippen LogP contribution < -0.4 is 4.74 Å². The predicted octanol–water partition coefficient (Wildman–Crippen LogP) is 2.92. The maximum Gasteiger partial charge on any atom is 0.361 e. The molecular weight excluding hydrogens is 408 g/mol. The minimum absolute atomic E-state index is 0.0509. The number of rotatable bonds is 8.